The van der Waals surface area contributed by atoms with E-state index in [2.05, 4.69) is 26.4 Å². The van der Waals surface area contributed by atoms with Crippen molar-refractivity contribution < 1.29 is 9.53 Å². The van der Waals surface area contributed by atoms with E-state index in [9.17, 15) is 4.79 Å². The number of nitrogens with zero attached hydrogens (tertiary/aromatic N) is 3. The summed E-state index contributed by atoms with van der Waals surface area (Å²) in [5.74, 6) is 1.83. The van der Waals surface area contributed by atoms with Gasteiger partial charge in [-0.2, -0.15) is 0 Å². The van der Waals surface area contributed by atoms with Crippen molar-refractivity contribution in [3.63, 3.8) is 0 Å². The van der Waals surface area contributed by atoms with Gasteiger partial charge < -0.3 is 15.0 Å². The molecule has 0 bridgehead atoms. The molecule has 0 atom stereocenters. The SMILES string of the molecule is Cc1cc2ccc(Oc3ccc4nc(NC(=O)C5CC5)cn4n3)cc2[nH]1. The maximum Gasteiger partial charge on any atom is 0.237 e. The van der Waals surface area contributed by atoms with Gasteiger partial charge in [-0.05, 0) is 49.4 Å². The minimum absolute atomic E-state index is 0.0272. The number of fused-ring (bicyclic) bond motifs is 2. The zero-order valence-corrected chi connectivity index (χ0v) is 14.2. The highest BCUT2D eigenvalue weighted by molar-refractivity contribution is 5.93. The molecule has 3 aromatic heterocycles. The summed E-state index contributed by atoms with van der Waals surface area (Å²) >= 11 is 0. The Labute approximate surface area is 149 Å². The number of benzene rings is 1. The highest BCUT2D eigenvalue weighted by Crippen LogP contribution is 2.30. The van der Waals surface area contributed by atoms with E-state index < -0.39 is 0 Å². The molecule has 0 radical (unpaired) electrons. The maximum atomic E-state index is 11.9. The third kappa shape index (κ3) is 2.77. The van der Waals surface area contributed by atoms with Crippen LogP contribution in [0.5, 0.6) is 11.6 Å². The number of amides is 1. The molecule has 1 amide bonds. The minimum atomic E-state index is 0.0272. The Balaban J connectivity index is 1.39. The zero-order chi connectivity index (χ0) is 17.7. The van der Waals surface area contributed by atoms with Crippen LogP contribution in [0.2, 0.25) is 0 Å². The molecule has 3 heterocycles. The third-order valence-electron chi connectivity index (χ3n) is 4.45. The molecule has 4 aromatic rings. The number of nitrogens with one attached hydrogen (secondary N) is 2. The minimum Gasteiger partial charge on any atom is -0.438 e. The largest absolute Gasteiger partial charge is 0.438 e. The van der Waals surface area contributed by atoms with E-state index in [1.54, 1.807) is 16.8 Å². The van der Waals surface area contributed by atoms with Crippen LogP contribution in [0, 0.1) is 12.8 Å². The van der Waals surface area contributed by atoms with Crippen LogP contribution in [0.15, 0.2) is 42.6 Å². The average Bonchev–Trinajstić information content (AvgIpc) is 3.29. The summed E-state index contributed by atoms with van der Waals surface area (Å²) in [4.78, 5) is 19.5. The lowest BCUT2D eigenvalue weighted by Crippen LogP contribution is -2.13. The van der Waals surface area contributed by atoms with Crippen molar-refractivity contribution in [1.82, 2.24) is 19.6 Å². The summed E-state index contributed by atoms with van der Waals surface area (Å²) in [5, 5.41) is 8.39. The number of carbonyl (C=O) groups excluding carboxylic acids is 1. The van der Waals surface area contributed by atoms with Gasteiger partial charge in [0.2, 0.25) is 11.8 Å². The van der Waals surface area contributed by atoms with Crippen LogP contribution < -0.4 is 10.1 Å². The molecule has 1 aliphatic rings. The summed E-state index contributed by atoms with van der Waals surface area (Å²) < 4.78 is 7.48. The van der Waals surface area contributed by atoms with E-state index in [0.717, 1.165) is 29.4 Å². The molecule has 0 unspecified atom stereocenters. The molecule has 2 N–H and O–H groups in total. The lowest BCUT2D eigenvalue weighted by Gasteiger charge is -2.04. The molecule has 1 saturated carbocycles. The molecule has 130 valence electrons. The Morgan fingerprint density at radius 3 is 3.00 bits per heavy atom. The van der Waals surface area contributed by atoms with Crippen LogP contribution in [0.3, 0.4) is 0 Å². The molecule has 0 aliphatic heterocycles. The van der Waals surface area contributed by atoms with Crippen LogP contribution in [0.4, 0.5) is 5.82 Å². The lowest BCUT2D eigenvalue weighted by atomic mass is 10.2. The Hall–Kier alpha value is -3.35. The molecule has 1 aliphatic carbocycles. The Morgan fingerprint density at radius 1 is 1.27 bits per heavy atom. The van der Waals surface area contributed by atoms with Crippen molar-refractivity contribution in [3.05, 3.63) is 48.3 Å². The van der Waals surface area contributed by atoms with Gasteiger partial charge >= 0.3 is 0 Å². The number of aryl methyl sites for hydroxylation is 1. The van der Waals surface area contributed by atoms with Crippen LogP contribution in [-0.2, 0) is 4.79 Å². The molecule has 7 nitrogen and oxygen atoms in total. The topological polar surface area (TPSA) is 84.3 Å². The Kier molecular flexibility index (Phi) is 3.21. The van der Waals surface area contributed by atoms with Crippen molar-refractivity contribution in [2.75, 3.05) is 5.32 Å². The quantitative estimate of drug-likeness (QED) is 0.590. The Morgan fingerprint density at radius 2 is 2.15 bits per heavy atom. The van der Waals surface area contributed by atoms with Gasteiger partial charge in [0, 0.05) is 29.3 Å². The number of ether oxygens (including phenoxy) is 1. The molecular weight excluding hydrogens is 330 g/mol. The highest BCUT2D eigenvalue weighted by Gasteiger charge is 2.30. The van der Waals surface area contributed by atoms with Gasteiger partial charge in [-0.15, -0.1) is 5.10 Å². The molecule has 26 heavy (non-hydrogen) atoms. The van der Waals surface area contributed by atoms with Crippen LogP contribution in [-0.4, -0.2) is 25.5 Å². The highest BCUT2D eigenvalue weighted by atomic mass is 16.5. The van der Waals surface area contributed by atoms with E-state index in [1.165, 1.54) is 0 Å². The first-order valence-corrected chi connectivity index (χ1v) is 8.58. The number of rotatable bonds is 4. The van der Waals surface area contributed by atoms with Gasteiger partial charge in [-0.1, -0.05) is 0 Å². The number of anilines is 1. The first-order chi connectivity index (χ1) is 12.6. The fourth-order valence-corrected chi connectivity index (χ4v) is 2.99. The van der Waals surface area contributed by atoms with Crippen LogP contribution >= 0.6 is 0 Å². The molecule has 1 aromatic carbocycles. The van der Waals surface area contributed by atoms with E-state index in [0.29, 0.717) is 23.1 Å². The standard InChI is InChI=1S/C19H17N5O2/c1-11-8-13-4-5-14(9-15(13)20-11)26-18-7-6-17-21-16(10-24(17)23-18)22-19(25)12-2-3-12/h4-10,12,20H,2-3H2,1H3,(H,22,25). The number of hydrogen-bond donors (Lipinski definition) is 2. The van der Waals surface area contributed by atoms with Gasteiger partial charge in [-0.25, -0.2) is 9.50 Å². The zero-order valence-electron chi connectivity index (χ0n) is 14.2. The maximum absolute atomic E-state index is 11.9. The van der Waals surface area contributed by atoms with Crippen LogP contribution in [0.25, 0.3) is 16.6 Å². The van der Waals surface area contributed by atoms with E-state index in [4.69, 9.17) is 4.74 Å². The fourth-order valence-electron chi connectivity index (χ4n) is 2.99. The van der Waals surface area contributed by atoms with E-state index in [-0.39, 0.29) is 11.8 Å². The lowest BCUT2D eigenvalue weighted by molar-refractivity contribution is -0.117. The van der Waals surface area contributed by atoms with E-state index >= 15 is 0 Å². The predicted octanol–water partition coefficient (Wildman–Crippen LogP) is 3.66. The van der Waals surface area contributed by atoms with Gasteiger partial charge in [-0.3, -0.25) is 4.79 Å². The molecular formula is C19H17N5O2. The molecule has 1 fully saturated rings. The smallest absolute Gasteiger partial charge is 0.237 e. The van der Waals surface area contributed by atoms with Gasteiger partial charge in [0.15, 0.2) is 11.5 Å². The van der Waals surface area contributed by atoms with E-state index in [1.807, 2.05) is 31.2 Å². The van der Waals surface area contributed by atoms with Gasteiger partial charge in [0.05, 0.1) is 6.20 Å². The number of H-pyrrole nitrogens is 1. The van der Waals surface area contributed by atoms with Crippen molar-refractivity contribution in [1.29, 1.82) is 0 Å². The van der Waals surface area contributed by atoms with Crippen molar-refractivity contribution in [2.45, 2.75) is 19.8 Å². The summed E-state index contributed by atoms with van der Waals surface area (Å²) in [6.07, 6.45) is 3.61. The number of imidazole rings is 1. The fraction of sp³-hybridized carbons (Fsp3) is 0.211. The molecule has 7 heteroatoms. The number of aromatic amines is 1. The summed E-state index contributed by atoms with van der Waals surface area (Å²) in [5.41, 5.74) is 2.78. The average molecular weight is 347 g/mol. The summed E-state index contributed by atoms with van der Waals surface area (Å²) in [7, 11) is 0. The summed E-state index contributed by atoms with van der Waals surface area (Å²) in [6.45, 7) is 2.02. The van der Waals surface area contributed by atoms with Gasteiger partial charge in [0.25, 0.3) is 0 Å². The normalized spacial score (nSPS) is 14.0. The third-order valence-corrected chi connectivity index (χ3v) is 4.45. The monoisotopic (exact) mass is 347 g/mol. The molecule has 5 rings (SSSR count). The van der Waals surface area contributed by atoms with Gasteiger partial charge in [0.1, 0.15) is 5.75 Å². The summed E-state index contributed by atoms with van der Waals surface area (Å²) in [6, 6.07) is 11.5. The second-order valence-electron chi connectivity index (χ2n) is 6.67. The van der Waals surface area contributed by atoms with Crippen molar-refractivity contribution in [2.24, 2.45) is 5.92 Å². The van der Waals surface area contributed by atoms with Crippen LogP contribution in [0.1, 0.15) is 18.5 Å². The molecule has 0 saturated heterocycles. The number of carbonyl (C=O) groups is 1. The first kappa shape index (κ1) is 14.9. The first-order valence-electron chi connectivity index (χ1n) is 8.58. The van der Waals surface area contributed by atoms with Crippen molar-refractivity contribution in [3.8, 4) is 11.6 Å². The number of hydrogen-bond acceptors (Lipinski definition) is 4. The predicted molar refractivity (Wildman–Crippen MR) is 97.5 cm³/mol. The second kappa shape index (κ2) is 5.59. The molecule has 0 spiro atoms. The van der Waals surface area contributed by atoms with Crippen molar-refractivity contribution >= 4 is 28.3 Å². The number of aromatic nitrogens is 4. The Bertz CT molecular complexity index is 1140. The second-order valence-corrected chi connectivity index (χ2v) is 6.67.